The van der Waals surface area contributed by atoms with Gasteiger partial charge >= 0.3 is 12.1 Å². The topological polar surface area (TPSA) is 131 Å². The SMILES string of the molecule is CC1=C[C@H]2[C@@]3(O)[C@H](C)C[C@]4(OC(=O)[C@@H](CC5CCCCC5)NC(=O)OC(C)(C)C)[C@H]([C@@H]3C=C(COC(c3ccccc3)(c3ccccc3)c3ccccc3)C[C@]2(O)C1=O)C4(C)C. The lowest BCUT2D eigenvalue weighted by atomic mass is 9.60. The van der Waals surface area contributed by atoms with Crippen LogP contribution in [0, 0.1) is 35.0 Å². The number of hydrogen-bond acceptors (Lipinski definition) is 8. The number of carbonyl (C=O) groups is 3. The van der Waals surface area contributed by atoms with Gasteiger partial charge in [-0.1, -0.05) is 156 Å². The molecule has 0 saturated heterocycles. The summed E-state index contributed by atoms with van der Waals surface area (Å²) in [5.74, 6) is -3.05. The lowest BCUT2D eigenvalue weighted by Crippen LogP contribution is -2.61. The van der Waals surface area contributed by atoms with E-state index in [0.29, 0.717) is 24.0 Å². The number of carbonyl (C=O) groups excluding carboxylic acids is 3. The summed E-state index contributed by atoms with van der Waals surface area (Å²) in [6.45, 7) is 13.2. The van der Waals surface area contributed by atoms with Crippen LogP contribution in [0.5, 0.6) is 0 Å². The van der Waals surface area contributed by atoms with Crippen LogP contribution in [0.1, 0.15) is 117 Å². The molecule has 8 rings (SSSR count). The number of hydrogen-bond donors (Lipinski definition) is 3. The maximum absolute atomic E-state index is 14.6. The third-order valence-electron chi connectivity index (χ3n) is 15.2. The molecule has 5 aliphatic rings. The Morgan fingerprint density at radius 2 is 1.39 bits per heavy atom. The van der Waals surface area contributed by atoms with Crippen LogP contribution in [0.15, 0.2) is 114 Å². The molecule has 0 aliphatic heterocycles. The van der Waals surface area contributed by atoms with Gasteiger partial charge in [0.1, 0.15) is 28.4 Å². The Morgan fingerprint density at radius 1 is 0.839 bits per heavy atom. The summed E-state index contributed by atoms with van der Waals surface area (Å²) in [6.07, 6.45) is 9.18. The zero-order chi connectivity index (χ0) is 44.3. The van der Waals surface area contributed by atoms with Crippen molar-refractivity contribution in [1.29, 1.82) is 0 Å². The Morgan fingerprint density at radius 3 is 1.92 bits per heavy atom. The number of Topliss-reactive ketones (excluding diaryl/α,β-unsaturated/α-hetero) is 1. The van der Waals surface area contributed by atoms with Crippen molar-refractivity contribution >= 4 is 17.8 Å². The molecule has 1 amide bonds. The van der Waals surface area contributed by atoms with Crippen LogP contribution in [0.4, 0.5) is 4.79 Å². The fraction of sp³-hybridized carbons (Fsp3) is 0.528. The van der Waals surface area contributed by atoms with E-state index >= 15 is 0 Å². The minimum absolute atomic E-state index is 0.0320. The molecule has 0 bridgehead atoms. The molecule has 0 unspecified atom stereocenters. The van der Waals surface area contributed by atoms with Gasteiger partial charge < -0.3 is 29.7 Å². The van der Waals surface area contributed by atoms with Gasteiger partial charge in [0.05, 0.1) is 12.2 Å². The van der Waals surface area contributed by atoms with E-state index in [2.05, 4.69) is 55.6 Å². The lowest BCUT2D eigenvalue weighted by molar-refractivity contribution is -0.188. The summed E-state index contributed by atoms with van der Waals surface area (Å²) < 4.78 is 19.7. The zero-order valence-corrected chi connectivity index (χ0v) is 37.5. The fourth-order valence-electron chi connectivity index (χ4n) is 12.2. The number of rotatable bonds is 11. The number of nitrogens with one attached hydrogen (secondary N) is 1. The van der Waals surface area contributed by atoms with Crippen molar-refractivity contribution in [1.82, 2.24) is 5.32 Å². The summed E-state index contributed by atoms with van der Waals surface area (Å²) in [5.41, 5.74) is -3.06. The highest BCUT2D eigenvalue weighted by Crippen LogP contribution is 2.76. The third kappa shape index (κ3) is 7.45. The predicted molar refractivity (Wildman–Crippen MR) is 238 cm³/mol. The van der Waals surface area contributed by atoms with Gasteiger partial charge in [-0.3, -0.25) is 4.79 Å². The minimum atomic E-state index is -1.91. The molecular formula is C53H65NO8. The van der Waals surface area contributed by atoms with Crippen molar-refractivity contribution in [2.24, 2.45) is 35.0 Å². The Labute approximate surface area is 367 Å². The molecule has 8 atom stereocenters. The smallest absolute Gasteiger partial charge is 0.408 e. The highest BCUT2D eigenvalue weighted by atomic mass is 16.6. The van der Waals surface area contributed by atoms with Crippen molar-refractivity contribution in [2.75, 3.05) is 6.61 Å². The molecule has 9 nitrogen and oxygen atoms in total. The molecule has 3 N–H and O–H groups in total. The molecule has 3 aromatic rings. The molecule has 9 heteroatoms. The van der Waals surface area contributed by atoms with Crippen molar-refractivity contribution in [3.8, 4) is 0 Å². The maximum Gasteiger partial charge on any atom is 0.408 e. The predicted octanol–water partition coefficient (Wildman–Crippen LogP) is 9.39. The maximum atomic E-state index is 14.6. The van der Waals surface area contributed by atoms with Gasteiger partial charge in [0, 0.05) is 29.6 Å². The Hall–Kier alpha value is -4.57. The Balaban J connectivity index is 1.19. The number of ether oxygens (including phenoxy) is 3. The van der Waals surface area contributed by atoms with Gasteiger partial charge in [-0.15, -0.1) is 0 Å². The quantitative estimate of drug-likeness (QED) is 0.0989. The molecule has 62 heavy (non-hydrogen) atoms. The van der Waals surface area contributed by atoms with Crippen LogP contribution < -0.4 is 5.32 Å². The number of esters is 1. The first kappa shape index (κ1) is 44.1. The van der Waals surface area contributed by atoms with E-state index in [1.54, 1.807) is 33.8 Å². The molecule has 3 fully saturated rings. The lowest BCUT2D eigenvalue weighted by Gasteiger charge is -2.50. The number of alkyl carbamates (subject to hydrolysis) is 1. The Kier molecular flexibility index (Phi) is 11.5. The van der Waals surface area contributed by atoms with Gasteiger partial charge in [-0.05, 0) is 80.2 Å². The van der Waals surface area contributed by atoms with Crippen LogP contribution in [-0.4, -0.2) is 63.1 Å². The van der Waals surface area contributed by atoms with Crippen LogP contribution >= 0.6 is 0 Å². The summed E-state index contributed by atoms with van der Waals surface area (Å²) in [4.78, 5) is 42.0. The standard InChI is InChI=1S/C53H65NO8/c1-34-28-43-50(58,45(34)55)32-37(33-60-53(38-22-14-9-15-23-38,39-24-16-10-17-25-39)40-26-18-11-19-27-40)29-41-44-49(6,7)51(44,31-35(2)52(41,43)59)61-46(56)42(30-36-20-12-8-13-21-36)54-47(57)62-48(3,4)5/h9-11,14-19,22-29,35-36,41-44,58-59H,8,12-13,20-21,30-33H2,1-7H3,(H,54,57)/t35-,41+,42-,43-,44-,50-,51+,52-/m1/s1. The van der Waals surface area contributed by atoms with E-state index < -0.39 is 75.1 Å². The molecule has 5 aliphatic carbocycles. The van der Waals surface area contributed by atoms with Gasteiger partial charge in [-0.2, -0.15) is 0 Å². The number of aliphatic hydroxyl groups is 2. The van der Waals surface area contributed by atoms with Gasteiger partial charge in [-0.25, -0.2) is 9.59 Å². The molecule has 330 valence electrons. The first-order valence-corrected chi connectivity index (χ1v) is 22.8. The first-order valence-electron chi connectivity index (χ1n) is 22.8. The second kappa shape index (κ2) is 16.2. The first-order chi connectivity index (χ1) is 29.4. The average Bonchev–Trinajstić information content (AvgIpc) is 3.65. The van der Waals surface area contributed by atoms with E-state index in [0.717, 1.165) is 48.8 Å². The number of benzene rings is 3. The Bertz CT molecular complexity index is 2110. The number of fused-ring (bicyclic) bond motifs is 5. The molecule has 0 aromatic heterocycles. The van der Waals surface area contributed by atoms with E-state index in [1.165, 1.54) is 0 Å². The fourth-order valence-corrected chi connectivity index (χ4v) is 12.2. The second-order valence-electron chi connectivity index (χ2n) is 20.6. The molecule has 0 spiro atoms. The van der Waals surface area contributed by atoms with Crippen LogP contribution in [0.25, 0.3) is 0 Å². The van der Waals surface area contributed by atoms with Gasteiger partial charge in [0.2, 0.25) is 0 Å². The van der Waals surface area contributed by atoms with E-state index in [9.17, 15) is 24.6 Å². The average molecular weight is 844 g/mol. The summed E-state index contributed by atoms with van der Waals surface area (Å²) in [5, 5.41) is 29.0. The molecule has 3 saturated carbocycles. The van der Waals surface area contributed by atoms with Crippen molar-refractivity contribution in [2.45, 2.75) is 134 Å². The van der Waals surface area contributed by atoms with Gasteiger partial charge in [0.25, 0.3) is 0 Å². The normalized spacial score (nSPS) is 31.0. The second-order valence-corrected chi connectivity index (χ2v) is 20.6. The minimum Gasteiger partial charge on any atom is -0.457 e. The van der Waals surface area contributed by atoms with Crippen LogP contribution in [0.3, 0.4) is 0 Å². The monoisotopic (exact) mass is 843 g/mol. The largest absolute Gasteiger partial charge is 0.457 e. The molecule has 3 aromatic carbocycles. The van der Waals surface area contributed by atoms with E-state index in [-0.39, 0.29) is 24.9 Å². The summed E-state index contributed by atoms with van der Waals surface area (Å²) in [6, 6.07) is 29.3. The zero-order valence-electron chi connectivity index (χ0n) is 37.5. The summed E-state index contributed by atoms with van der Waals surface area (Å²) >= 11 is 0. The van der Waals surface area contributed by atoms with Crippen molar-refractivity contribution in [3.63, 3.8) is 0 Å². The van der Waals surface area contributed by atoms with E-state index in [1.807, 2.05) is 67.6 Å². The van der Waals surface area contributed by atoms with Crippen molar-refractivity contribution in [3.05, 3.63) is 131 Å². The van der Waals surface area contributed by atoms with Crippen molar-refractivity contribution < 1.29 is 38.8 Å². The highest BCUT2D eigenvalue weighted by molar-refractivity contribution is 6.04. The molecular weight excluding hydrogens is 779 g/mol. The third-order valence-corrected chi connectivity index (χ3v) is 15.2. The van der Waals surface area contributed by atoms with E-state index in [4.69, 9.17) is 14.2 Å². The summed E-state index contributed by atoms with van der Waals surface area (Å²) in [7, 11) is 0. The number of amides is 1. The van der Waals surface area contributed by atoms with Gasteiger partial charge in [0.15, 0.2) is 5.78 Å². The highest BCUT2D eigenvalue weighted by Gasteiger charge is 2.83. The molecule has 0 heterocycles. The molecule has 0 radical (unpaired) electrons. The van der Waals surface area contributed by atoms with Crippen LogP contribution in [0.2, 0.25) is 0 Å². The van der Waals surface area contributed by atoms with Crippen LogP contribution in [-0.2, 0) is 29.4 Å². The number of ketones is 1.